The zero-order chi connectivity index (χ0) is 36.7. The number of likely N-dealkylation sites (tertiary alicyclic amines) is 1. The molecule has 266 valence electrons. The van der Waals surface area contributed by atoms with E-state index in [-0.39, 0.29) is 32.7 Å². The highest BCUT2D eigenvalue weighted by Crippen LogP contribution is 2.29. The number of alkyl halides is 3. The Morgan fingerprint density at radius 2 is 1.69 bits per heavy atom. The van der Waals surface area contributed by atoms with Crippen LogP contribution in [0.5, 0.6) is 0 Å². The van der Waals surface area contributed by atoms with E-state index in [1.165, 1.54) is 9.80 Å². The number of allylic oxidation sites excluding steroid dienone is 5. The summed E-state index contributed by atoms with van der Waals surface area (Å²) in [6, 6.07) is -0.568. The average Bonchev–Trinajstić information content (AvgIpc) is 3.41. The Labute approximate surface area is 281 Å². The molecule has 0 aromatic rings. The monoisotopic (exact) mass is 678 g/mol. The Hall–Kier alpha value is -4.42. The standard InChI is InChI=1S/C33H45F3N4O6.C2H4/c1-8-9-14-26-21-39(20-22(26)2)30(44)28(46-25(5)42)27(45-24(4)41)29(43)37-18-15-32(6,7)16-19-40-23(3)13-11-10-12-17-38-31(40)33(34,35)36;1-2/h8-14,23,27-28H,2,15-21H2,1,3-7H3,(H,37,43);1-2H2/b9-8-,12-10-,13-11-,26-14-,38-31?;/t23?,27-,28-;/m1./s1. The Balaban J connectivity index is 0.00000565. The lowest BCUT2D eigenvalue weighted by atomic mass is 9.85. The third-order valence-electron chi connectivity index (χ3n) is 7.49. The number of hydrogen-bond acceptors (Lipinski definition) is 8. The van der Waals surface area contributed by atoms with Crippen LogP contribution in [0.25, 0.3) is 0 Å². The second-order valence-electron chi connectivity index (χ2n) is 11.9. The highest BCUT2D eigenvalue weighted by atomic mass is 19.4. The molecule has 0 spiro atoms. The van der Waals surface area contributed by atoms with Crippen LogP contribution in [-0.2, 0) is 28.7 Å². The van der Waals surface area contributed by atoms with Gasteiger partial charge in [-0.05, 0) is 43.3 Å². The normalized spacial score (nSPS) is 20.4. The van der Waals surface area contributed by atoms with Gasteiger partial charge in [0.25, 0.3) is 11.8 Å². The van der Waals surface area contributed by atoms with Gasteiger partial charge < -0.3 is 24.6 Å². The van der Waals surface area contributed by atoms with Crippen LogP contribution >= 0.6 is 0 Å². The van der Waals surface area contributed by atoms with Gasteiger partial charge in [0.05, 0.1) is 6.54 Å². The van der Waals surface area contributed by atoms with Crippen molar-refractivity contribution in [1.82, 2.24) is 15.1 Å². The lowest BCUT2D eigenvalue weighted by molar-refractivity contribution is -0.177. The van der Waals surface area contributed by atoms with Crippen molar-refractivity contribution in [2.45, 2.75) is 78.8 Å². The summed E-state index contributed by atoms with van der Waals surface area (Å²) in [6.07, 6.45) is 4.50. The molecule has 0 aromatic heterocycles. The molecule has 2 aliphatic rings. The van der Waals surface area contributed by atoms with Crippen LogP contribution in [-0.4, -0.2) is 96.5 Å². The van der Waals surface area contributed by atoms with E-state index in [9.17, 15) is 32.3 Å². The number of carbonyl (C=O) groups is 4. The third kappa shape index (κ3) is 13.4. The minimum atomic E-state index is -4.63. The number of nitrogens with zero attached hydrogens (tertiary/aromatic N) is 3. The summed E-state index contributed by atoms with van der Waals surface area (Å²) < 4.78 is 52.2. The highest BCUT2D eigenvalue weighted by molar-refractivity contribution is 5.94. The molecular formula is C35H49F3N4O6. The molecule has 48 heavy (non-hydrogen) atoms. The third-order valence-corrected chi connectivity index (χ3v) is 7.49. The molecule has 13 heteroatoms. The van der Waals surface area contributed by atoms with E-state index in [4.69, 9.17) is 9.47 Å². The van der Waals surface area contributed by atoms with Gasteiger partial charge in [-0.2, -0.15) is 13.2 Å². The van der Waals surface area contributed by atoms with Crippen LogP contribution in [0.4, 0.5) is 13.2 Å². The number of halogens is 3. The number of amides is 2. The summed E-state index contributed by atoms with van der Waals surface area (Å²) in [6.45, 7) is 19.6. The molecule has 2 aliphatic heterocycles. The number of hydrogen-bond donors (Lipinski definition) is 1. The van der Waals surface area contributed by atoms with Crippen LogP contribution in [0, 0.1) is 5.41 Å². The number of aliphatic imine (C=N–C) groups is 1. The maximum Gasteiger partial charge on any atom is 0.449 e. The first-order valence-corrected chi connectivity index (χ1v) is 15.6. The van der Waals surface area contributed by atoms with E-state index in [1.807, 2.05) is 26.8 Å². The van der Waals surface area contributed by atoms with E-state index in [0.29, 0.717) is 18.4 Å². The lowest BCUT2D eigenvalue weighted by Crippen LogP contribution is -2.54. The smallest absolute Gasteiger partial charge is 0.448 e. The van der Waals surface area contributed by atoms with Gasteiger partial charge in [-0.25, -0.2) is 0 Å². The van der Waals surface area contributed by atoms with Crippen LogP contribution < -0.4 is 5.32 Å². The average molecular weight is 679 g/mol. The molecule has 2 heterocycles. The Morgan fingerprint density at radius 3 is 2.27 bits per heavy atom. The number of carbonyl (C=O) groups excluding carboxylic acids is 4. The second-order valence-corrected chi connectivity index (χ2v) is 11.9. The first kappa shape index (κ1) is 41.6. The first-order valence-electron chi connectivity index (χ1n) is 15.6. The largest absolute Gasteiger partial charge is 0.449 e. The molecule has 1 unspecified atom stereocenters. The summed E-state index contributed by atoms with van der Waals surface area (Å²) >= 11 is 0. The number of nitrogens with one attached hydrogen (secondary N) is 1. The minimum Gasteiger partial charge on any atom is -0.448 e. The molecule has 0 saturated carbocycles. The molecular weight excluding hydrogens is 629 g/mol. The van der Waals surface area contributed by atoms with Gasteiger partial charge in [-0.15, -0.1) is 13.2 Å². The van der Waals surface area contributed by atoms with Crippen molar-refractivity contribution in [1.29, 1.82) is 0 Å². The fourth-order valence-electron chi connectivity index (χ4n) is 4.90. The molecule has 0 aliphatic carbocycles. The predicted molar refractivity (Wildman–Crippen MR) is 180 cm³/mol. The summed E-state index contributed by atoms with van der Waals surface area (Å²) in [5.74, 6) is -4.25. The fraction of sp³-hybridized carbons (Fsp3) is 0.514. The molecule has 0 aromatic carbocycles. The lowest BCUT2D eigenvalue weighted by Gasteiger charge is -2.35. The minimum absolute atomic E-state index is 0.0426. The Bertz CT molecular complexity index is 1320. The van der Waals surface area contributed by atoms with Crippen molar-refractivity contribution in [3.63, 3.8) is 0 Å². The van der Waals surface area contributed by atoms with Crippen molar-refractivity contribution < 1.29 is 41.8 Å². The maximum absolute atomic E-state index is 13.9. The van der Waals surface area contributed by atoms with Gasteiger partial charge >= 0.3 is 18.1 Å². The van der Waals surface area contributed by atoms with Crippen LogP contribution in [0.2, 0.25) is 0 Å². The Kier molecular flexibility index (Phi) is 16.8. The number of rotatable bonds is 12. The fourth-order valence-corrected chi connectivity index (χ4v) is 4.90. The molecule has 2 amide bonds. The van der Waals surface area contributed by atoms with Gasteiger partial charge in [-0.1, -0.05) is 63.0 Å². The van der Waals surface area contributed by atoms with Crippen molar-refractivity contribution in [3.8, 4) is 0 Å². The zero-order valence-corrected chi connectivity index (χ0v) is 28.8. The van der Waals surface area contributed by atoms with Gasteiger partial charge in [0.15, 0.2) is 0 Å². The zero-order valence-electron chi connectivity index (χ0n) is 28.8. The molecule has 1 N–H and O–H groups in total. The van der Waals surface area contributed by atoms with Crippen molar-refractivity contribution in [3.05, 3.63) is 73.4 Å². The Morgan fingerprint density at radius 1 is 1.06 bits per heavy atom. The molecule has 0 bridgehead atoms. The number of ether oxygens (including phenoxy) is 2. The molecule has 1 fully saturated rings. The molecule has 1 saturated heterocycles. The summed E-state index contributed by atoms with van der Waals surface area (Å²) in [4.78, 5) is 57.2. The second kappa shape index (κ2) is 19.4. The molecule has 2 rings (SSSR count). The molecule has 3 atom stereocenters. The highest BCUT2D eigenvalue weighted by Gasteiger charge is 2.43. The maximum atomic E-state index is 13.9. The van der Waals surface area contributed by atoms with Crippen LogP contribution in [0.15, 0.2) is 78.4 Å². The van der Waals surface area contributed by atoms with E-state index < -0.39 is 59.4 Å². The number of amidine groups is 1. The van der Waals surface area contributed by atoms with Gasteiger partial charge in [0.2, 0.25) is 18.0 Å². The van der Waals surface area contributed by atoms with Crippen molar-refractivity contribution in [2.24, 2.45) is 10.4 Å². The van der Waals surface area contributed by atoms with Gasteiger partial charge in [-0.3, -0.25) is 24.2 Å². The van der Waals surface area contributed by atoms with E-state index in [1.54, 1.807) is 43.4 Å². The topological polar surface area (TPSA) is 118 Å². The summed E-state index contributed by atoms with van der Waals surface area (Å²) in [7, 11) is 0. The van der Waals surface area contributed by atoms with Crippen LogP contribution in [0.3, 0.4) is 0 Å². The van der Waals surface area contributed by atoms with Crippen molar-refractivity contribution in [2.75, 3.05) is 32.7 Å². The van der Waals surface area contributed by atoms with E-state index in [0.717, 1.165) is 19.4 Å². The van der Waals surface area contributed by atoms with Gasteiger partial charge in [0.1, 0.15) is 0 Å². The van der Waals surface area contributed by atoms with E-state index >= 15 is 0 Å². The van der Waals surface area contributed by atoms with E-state index in [2.05, 4.69) is 30.0 Å². The predicted octanol–water partition coefficient (Wildman–Crippen LogP) is 5.25. The molecule has 0 radical (unpaired) electrons. The quantitative estimate of drug-likeness (QED) is 0.221. The van der Waals surface area contributed by atoms with Crippen molar-refractivity contribution >= 4 is 29.6 Å². The SMILES string of the molecule is C=C.C=C1CN(C(=O)[C@H](OC(C)=O)[C@@H](OC(C)=O)C(=O)NCCC(C)(C)CCN2C(C(F)(F)F)=NC/C=C\C=C/C2C)C/C1=C/C=C\C. The number of esters is 2. The van der Waals surface area contributed by atoms with Crippen LogP contribution in [0.1, 0.15) is 54.4 Å². The van der Waals surface area contributed by atoms with Gasteiger partial charge in [0, 0.05) is 46.1 Å². The summed E-state index contributed by atoms with van der Waals surface area (Å²) in [5, 5.41) is 2.64. The first-order chi connectivity index (χ1) is 22.5. The molecule has 10 nitrogen and oxygen atoms in total. The summed E-state index contributed by atoms with van der Waals surface area (Å²) in [5.41, 5.74) is 0.911.